The second kappa shape index (κ2) is 4.66. The lowest BCUT2D eigenvalue weighted by Gasteiger charge is -2.04. The molecular formula is C13H16. The van der Waals surface area contributed by atoms with Crippen molar-refractivity contribution in [1.82, 2.24) is 0 Å². The van der Waals surface area contributed by atoms with Crippen LogP contribution in [0.25, 0.3) is 12.2 Å². The van der Waals surface area contributed by atoms with Crippen molar-refractivity contribution in [2.45, 2.75) is 19.8 Å². The Kier molecular flexibility index (Phi) is 3.51. The zero-order valence-corrected chi connectivity index (χ0v) is 8.22. The van der Waals surface area contributed by atoms with Crippen molar-refractivity contribution < 1.29 is 0 Å². The van der Waals surface area contributed by atoms with Crippen LogP contribution in [0.5, 0.6) is 0 Å². The summed E-state index contributed by atoms with van der Waals surface area (Å²) in [4.78, 5) is 0. The van der Waals surface area contributed by atoms with E-state index in [-0.39, 0.29) is 0 Å². The van der Waals surface area contributed by atoms with Crippen LogP contribution in [0, 0.1) is 0 Å². The van der Waals surface area contributed by atoms with Gasteiger partial charge in [0.1, 0.15) is 0 Å². The summed E-state index contributed by atoms with van der Waals surface area (Å²) in [7, 11) is 0. The zero-order chi connectivity index (χ0) is 9.68. The van der Waals surface area contributed by atoms with Gasteiger partial charge >= 0.3 is 0 Å². The number of benzene rings is 1. The van der Waals surface area contributed by atoms with Crippen molar-refractivity contribution in [1.29, 1.82) is 0 Å². The highest BCUT2D eigenvalue weighted by molar-refractivity contribution is 5.64. The van der Waals surface area contributed by atoms with E-state index in [9.17, 15) is 0 Å². The Morgan fingerprint density at radius 3 is 2.38 bits per heavy atom. The standard InChI is InChI=1S/C13H16/c1-4-7-11-8-9-12(5-2)13(6-3)10-11/h5-6,8-10H,2-4,7H2,1H3. The molecule has 0 atom stereocenters. The number of rotatable bonds is 4. The molecule has 13 heavy (non-hydrogen) atoms. The molecule has 0 saturated heterocycles. The average molecular weight is 172 g/mol. The number of hydrogen-bond donors (Lipinski definition) is 0. The first kappa shape index (κ1) is 9.79. The molecule has 0 radical (unpaired) electrons. The van der Waals surface area contributed by atoms with Gasteiger partial charge in [-0.05, 0) is 23.1 Å². The highest BCUT2D eigenvalue weighted by atomic mass is 14.0. The molecule has 0 heteroatoms. The lowest BCUT2D eigenvalue weighted by Crippen LogP contribution is -1.86. The second-order valence-corrected chi connectivity index (χ2v) is 3.12. The van der Waals surface area contributed by atoms with E-state index in [1.165, 1.54) is 17.5 Å². The summed E-state index contributed by atoms with van der Waals surface area (Å²) in [5, 5.41) is 0. The van der Waals surface area contributed by atoms with Gasteiger partial charge < -0.3 is 0 Å². The first-order chi connectivity index (χ1) is 6.31. The Hall–Kier alpha value is -1.30. The van der Waals surface area contributed by atoms with Crippen molar-refractivity contribution in [2.75, 3.05) is 0 Å². The molecular weight excluding hydrogens is 156 g/mol. The normalized spacial score (nSPS) is 9.62. The molecule has 0 bridgehead atoms. The summed E-state index contributed by atoms with van der Waals surface area (Å²) in [5.41, 5.74) is 3.72. The van der Waals surface area contributed by atoms with Crippen LogP contribution >= 0.6 is 0 Å². The molecule has 0 unspecified atom stereocenters. The highest BCUT2D eigenvalue weighted by Gasteiger charge is 1.97. The van der Waals surface area contributed by atoms with Gasteiger partial charge in [-0.15, -0.1) is 0 Å². The van der Waals surface area contributed by atoms with Gasteiger partial charge in [0.15, 0.2) is 0 Å². The molecule has 0 spiro atoms. The summed E-state index contributed by atoms with van der Waals surface area (Å²) in [6, 6.07) is 6.45. The van der Waals surface area contributed by atoms with Crippen LogP contribution in [0.1, 0.15) is 30.0 Å². The van der Waals surface area contributed by atoms with Gasteiger partial charge in [0.25, 0.3) is 0 Å². The molecule has 0 aliphatic rings. The third-order valence-electron chi connectivity index (χ3n) is 2.13. The zero-order valence-electron chi connectivity index (χ0n) is 8.22. The maximum Gasteiger partial charge on any atom is -0.0187 e. The summed E-state index contributed by atoms with van der Waals surface area (Å²) in [6.45, 7) is 9.75. The molecule has 0 fully saturated rings. The minimum atomic E-state index is 1.14. The lowest BCUT2D eigenvalue weighted by atomic mass is 10.0. The predicted octanol–water partition coefficient (Wildman–Crippen LogP) is 3.93. The van der Waals surface area contributed by atoms with E-state index >= 15 is 0 Å². The molecule has 0 aromatic heterocycles. The van der Waals surface area contributed by atoms with Gasteiger partial charge in [-0.2, -0.15) is 0 Å². The van der Waals surface area contributed by atoms with E-state index in [0.29, 0.717) is 0 Å². The molecule has 68 valence electrons. The minimum Gasteiger partial charge on any atom is -0.0984 e. The van der Waals surface area contributed by atoms with Crippen molar-refractivity contribution >= 4 is 12.2 Å². The monoisotopic (exact) mass is 172 g/mol. The average Bonchev–Trinajstić information content (AvgIpc) is 2.18. The van der Waals surface area contributed by atoms with E-state index < -0.39 is 0 Å². The third kappa shape index (κ3) is 2.32. The highest BCUT2D eigenvalue weighted by Crippen LogP contribution is 2.15. The Bertz CT molecular complexity index is 308. The largest absolute Gasteiger partial charge is 0.0984 e. The lowest BCUT2D eigenvalue weighted by molar-refractivity contribution is 0.921. The van der Waals surface area contributed by atoms with Crippen LogP contribution in [0.2, 0.25) is 0 Å². The third-order valence-corrected chi connectivity index (χ3v) is 2.13. The summed E-state index contributed by atoms with van der Waals surface area (Å²) in [6.07, 6.45) is 6.07. The van der Waals surface area contributed by atoms with Gasteiger partial charge in [0.2, 0.25) is 0 Å². The maximum absolute atomic E-state index is 3.79. The molecule has 0 N–H and O–H groups in total. The molecule has 1 aromatic rings. The van der Waals surface area contributed by atoms with E-state index in [4.69, 9.17) is 0 Å². The maximum atomic E-state index is 3.79. The van der Waals surface area contributed by atoms with Gasteiger partial charge in [-0.3, -0.25) is 0 Å². The van der Waals surface area contributed by atoms with E-state index in [2.05, 4.69) is 38.3 Å². The van der Waals surface area contributed by atoms with Crippen LogP contribution in [0.15, 0.2) is 31.4 Å². The van der Waals surface area contributed by atoms with Crippen LogP contribution in [0.3, 0.4) is 0 Å². The van der Waals surface area contributed by atoms with E-state index in [0.717, 1.165) is 12.0 Å². The van der Waals surface area contributed by atoms with Gasteiger partial charge in [-0.1, -0.05) is 56.9 Å². The van der Waals surface area contributed by atoms with E-state index in [1.54, 1.807) is 0 Å². The van der Waals surface area contributed by atoms with Gasteiger partial charge in [0.05, 0.1) is 0 Å². The molecule has 0 amide bonds. The first-order valence-electron chi connectivity index (χ1n) is 4.69. The summed E-state index contributed by atoms with van der Waals surface area (Å²) in [5.74, 6) is 0. The molecule has 1 rings (SSSR count). The molecule has 0 aliphatic heterocycles. The fourth-order valence-corrected chi connectivity index (χ4v) is 1.43. The number of hydrogen-bond acceptors (Lipinski definition) is 0. The fraction of sp³-hybridized carbons (Fsp3) is 0.231. The van der Waals surface area contributed by atoms with Crippen LogP contribution in [0.4, 0.5) is 0 Å². The Balaban J connectivity index is 3.05. The minimum absolute atomic E-state index is 1.14. The van der Waals surface area contributed by atoms with Gasteiger partial charge in [0, 0.05) is 0 Å². The fourth-order valence-electron chi connectivity index (χ4n) is 1.43. The van der Waals surface area contributed by atoms with Crippen LogP contribution in [-0.2, 0) is 6.42 Å². The topological polar surface area (TPSA) is 0 Å². The second-order valence-electron chi connectivity index (χ2n) is 3.12. The van der Waals surface area contributed by atoms with Crippen molar-refractivity contribution in [2.24, 2.45) is 0 Å². The Labute approximate surface area is 80.6 Å². The molecule has 0 saturated carbocycles. The Morgan fingerprint density at radius 2 is 1.85 bits per heavy atom. The SMILES string of the molecule is C=Cc1ccc(CCC)cc1C=C. The molecule has 0 heterocycles. The van der Waals surface area contributed by atoms with E-state index in [1.807, 2.05) is 12.2 Å². The number of aryl methyl sites for hydroxylation is 1. The van der Waals surface area contributed by atoms with Crippen molar-refractivity contribution in [3.63, 3.8) is 0 Å². The smallest absolute Gasteiger partial charge is 0.0187 e. The molecule has 0 nitrogen and oxygen atoms in total. The van der Waals surface area contributed by atoms with Gasteiger partial charge in [-0.25, -0.2) is 0 Å². The quantitative estimate of drug-likeness (QED) is 0.645. The van der Waals surface area contributed by atoms with Crippen molar-refractivity contribution in [3.05, 3.63) is 48.0 Å². The molecule has 1 aromatic carbocycles. The van der Waals surface area contributed by atoms with Crippen molar-refractivity contribution in [3.8, 4) is 0 Å². The first-order valence-corrected chi connectivity index (χ1v) is 4.69. The summed E-state index contributed by atoms with van der Waals surface area (Å²) >= 11 is 0. The predicted molar refractivity (Wildman–Crippen MR) is 60.6 cm³/mol. The summed E-state index contributed by atoms with van der Waals surface area (Å²) < 4.78 is 0. The molecule has 0 aliphatic carbocycles. The Morgan fingerprint density at radius 1 is 1.15 bits per heavy atom. The van der Waals surface area contributed by atoms with Crippen LogP contribution in [-0.4, -0.2) is 0 Å². The van der Waals surface area contributed by atoms with Crippen LogP contribution < -0.4 is 0 Å².